The zero-order valence-electron chi connectivity index (χ0n) is 36.6. The standard InChI is InChI=1S/C63H48N2/c1-63(2,53-21-13-6-14-22-53)54-32-23-51(24-33-54)52-31-41-61-59(43-52)60-44-58(40-42-62(60)65(61)57-38-29-50(30-39-57)47-19-11-5-12-20-47)64(55-34-25-48(26-35-55)45-15-7-3-8-16-45)56-36-27-49(28-37-56)46-17-9-4-10-18-46/h3-44H,1-2H3. The Morgan fingerprint density at radius 1 is 0.292 bits per heavy atom. The van der Waals surface area contributed by atoms with Crippen LogP contribution in [-0.4, -0.2) is 4.57 Å². The maximum absolute atomic E-state index is 2.42. The van der Waals surface area contributed by atoms with Gasteiger partial charge in [-0.05, 0) is 122 Å². The monoisotopic (exact) mass is 832 g/mol. The Balaban J connectivity index is 1.06. The lowest BCUT2D eigenvalue weighted by Crippen LogP contribution is -2.18. The number of anilines is 3. The van der Waals surface area contributed by atoms with Crippen molar-refractivity contribution in [3.05, 3.63) is 266 Å². The van der Waals surface area contributed by atoms with Crippen LogP contribution in [0.1, 0.15) is 25.0 Å². The van der Waals surface area contributed by atoms with Gasteiger partial charge < -0.3 is 9.47 Å². The van der Waals surface area contributed by atoms with Gasteiger partial charge in [-0.3, -0.25) is 0 Å². The Morgan fingerprint density at radius 3 is 1.12 bits per heavy atom. The van der Waals surface area contributed by atoms with Gasteiger partial charge in [0.05, 0.1) is 11.0 Å². The maximum atomic E-state index is 2.42. The largest absolute Gasteiger partial charge is 0.310 e. The molecule has 0 aliphatic carbocycles. The van der Waals surface area contributed by atoms with Crippen LogP contribution in [-0.2, 0) is 5.41 Å². The molecule has 0 aliphatic heterocycles. The summed E-state index contributed by atoms with van der Waals surface area (Å²) >= 11 is 0. The average molecular weight is 833 g/mol. The molecule has 0 N–H and O–H groups in total. The van der Waals surface area contributed by atoms with Gasteiger partial charge >= 0.3 is 0 Å². The maximum Gasteiger partial charge on any atom is 0.0542 e. The molecule has 0 saturated heterocycles. The van der Waals surface area contributed by atoms with E-state index in [1.807, 2.05) is 0 Å². The molecular formula is C63H48N2. The van der Waals surface area contributed by atoms with Crippen molar-refractivity contribution < 1.29 is 0 Å². The van der Waals surface area contributed by atoms with Crippen LogP contribution >= 0.6 is 0 Å². The van der Waals surface area contributed by atoms with Crippen LogP contribution in [0.15, 0.2) is 255 Å². The van der Waals surface area contributed by atoms with Gasteiger partial charge in [0, 0.05) is 38.9 Å². The highest BCUT2D eigenvalue weighted by Crippen LogP contribution is 2.42. The number of hydrogen-bond acceptors (Lipinski definition) is 1. The highest BCUT2D eigenvalue weighted by atomic mass is 15.1. The summed E-state index contributed by atoms with van der Waals surface area (Å²) in [7, 11) is 0. The van der Waals surface area contributed by atoms with Crippen molar-refractivity contribution in [1.82, 2.24) is 4.57 Å². The molecule has 11 rings (SSSR count). The van der Waals surface area contributed by atoms with E-state index in [1.165, 1.54) is 71.9 Å². The summed E-state index contributed by atoms with van der Waals surface area (Å²) in [4.78, 5) is 2.39. The summed E-state index contributed by atoms with van der Waals surface area (Å²) in [5.41, 5.74) is 18.8. The van der Waals surface area contributed by atoms with Crippen LogP contribution in [0.2, 0.25) is 0 Å². The van der Waals surface area contributed by atoms with Crippen molar-refractivity contribution in [2.24, 2.45) is 0 Å². The van der Waals surface area contributed by atoms with E-state index in [0.717, 1.165) is 28.3 Å². The summed E-state index contributed by atoms with van der Waals surface area (Å²) in [5.74, 6) is 0. The third-order valence-electron chi connectivity index (χ3n) is 13.1. The van der Waals surface area contributed by atoms with Crippen molar-refractivity contribution >= 4 is 38.9 Å². The summed E-state index contributed by atoms with van der Waals surface area (Å²) < 4.78 is 2.42. The lowest BCUT2D eigenvalue weighted by atomic mass is 9.78. The molecule has 65 heavy (non-hydrogen) atoms. The first kappa shape index (κ1) is 39.6. The zero-order valence-corrected chi connectivity index (χ0v) is 36.6. The molecule has 0 aliphatic rings. The van der Waals surface area contributed by atoms with Crippen LogP contribution in [0.3, 0.4) is 0 Å². The number of nitrogens with zero attached hydrogens (tertiary/aromatic N) is 2. The fourth-order valence-electron chi connectivity index (χ4n) is 9.46. The average Bonchev–Trinajstić information content (AvgIpc) is 3.71. The molecule has 0 unspecified atom stereocenters. The minimum absolute atomic E-state index is 0.112. The molecule has 2 nitrogen and oxygen atoms in total. The van der Waals surface area contributed by atoms with Crippen LogP contribution in [0.5, 0.6) is 0 Å². The number of benzene rings is 10. The molecule has 10 aromatic carbocycles. The molecule has 310 valence electrons. The van der Waals surface area contributed by atoms with E-state index in [1.54, 1.807) is 0 Å². The Labute approximate surface area is 382 Å². The molecule has 0 atom stereocenters. The molecule has 0 spiro atoms. The molecule has 0 saturated carbocycles. The molecule has 11 aromatic rings. The number of aromatic nitrogens is 1. The second kappa shape index (κ2) is 16.8. The van der Waals surface area contributed by atoms with Gasteiger partial charge in [-0.2, -0.15) is 0 Å². The summed E-state index contributed by atoms with van der Waals surface area (Å²) in [6, 6.07) is 92.6. The first-order valence-corrected chi connectivity index (χ1v) is 22.5. The molecular weight excluding hydrogens is 785 g/mol. The molecule has 0 fully saturated rings. The van der Waals surface area contributed by atoms with Crippen molar-refractivity contribution in [3.63, 3.8) is 0 Å². The van der Waals surface area contributed by atoms with Gasteiger partial charge in [-0.15, -0.1) is 0 Å². The van der Waals surface area contributed by atoms with E-state index in [-0.39, 0.29) is 5.41 Å². The van der Waals surface area contributed by atoms with Gasteiger partial charge in [0.2, 0.25) is 0 Å². The fourth-order valence-corrected chi connectivity index (χ4v) is 9.46. The van der Waals surface area contributed by atoms with Gasteiger partial charge in [0.25, 0.3) is 0 Å². The SMILES string of the molecule is CC(C)(c1ccccc1)c1ccc(-c2ccc3c(c2)c2cc(N(c4ccc(-c5ccccc5)cc4)c4ccc(-c5ccccc5)cc4)ccc2n3-c2ccc(-c3ccccc3)cc2)cc1. The molecule has 1 heterocycles. The van der Waals surface area contributed by atoms with Gasteiger partial charge in [-0.1, -0.05) is 202 Å². The lowest BCUT2D eigenvalue weighted by Gasteiger charge is -2.26. The van der Waals surface area contributed by atoms with Gasteiger partial charge in [0.15, 0.2) is 0 Å². The molecule has 0 amide bonds. The van der Waals surface area contributed by atoms with Gasteiger partial charge in [-0.25, -0.2) is 0 Å². The van der Waals surface area contributed by atoms with Crippen molar-refractivity contribution in [1.29, 1.82) is 0 Å². The van der Waals surface area contributed by atoms with Crippen LogP contribution < -0.4 is 4.90 Å². The third kappa shape index (κ3) is 7.60. The Kier molecular flexibility index (Phi) is 10.3. The quantitative estimate of drug-likeness (QED) is 0.133. The fraction of sp³-hybridized carbons (Fsp3) is 0.0476. The minimum atomic E-state index is -0.112. The summed E-state index contributed by atoms with van der Waals surface area (Å²) in [6.07, 6.45) is 0. The Hall–Kier alpha value is -8.20. The number of hydrogen-bond donors (Lipinski definition) is 0. The predicted octanol–water partition coefficient (Wildman–Crippen LogP) is 17.2. The smallest absolute Gasteiger partial charge is 0.0542 e. The minimum Gasteiger partial charge on any atom is -0.310 e. The van der Waals surface area contributed by atoms with Gasteiger partial charge in [0.1, 0.15) is 0 Å². The van der Waals surface area contributed by atoms with Crippen molar-refractivity contribution in [2.75, 3.05) is 4.90 Å². The van der Waals surface area contributed by atoms with E-state index in [2.05, 4.69) is 278 Å². The zero-order chi connectivity index (χ0) is 43.7. The highest BCUT2D eigenvalue weighted by Gasteiger charge is 2.23. The second-order valence-electron chi connectivity index (χ2n) is 17.4. The molecule has 0 bridgehead atoms. The normalized spacial score (nSPS) is 11.5. The first-order valence-electron chi connectivity index (χ1n) is 22.5. The summed E-state index contributed by atoms with van der Waals surface area (Å²) in [5, 5.41) is 2.40. The molecule has 2 heteroatoms. The third-order valence-corrected chi connectivity index (χ3v) is 13.1. The molecule has 1 aromatic heterocycles. The second-order valence-corrected chi connectivity index (χ2v) is 17.4. The van der Waals surface area contributed by atoms with E-state index >= 15 is 0 Å². The first-order chi connectivity index (χ1) is 32.0. The number of fused-ring (bicyclic) bond motifs is 3. The molecule has 0 radical (unpaired) electrons. The topological polar surface area (TPSA) is 8.17 Å². The van der Waals surface area contributed by atoms with Crippen LogP contribution in [0.4, 0.5) is 17.1 Å². The van der Waals surface area contributed by atoms with E-state index < -0.39 is 0 Å². The van der Waals surface area contributed by atoms with Crippen molar-refractivity contribution in [3.8, 4) is 50.2 Å². The summed E-state index contributed by atoms with van der Waals surface area (Å²) in [6.45, 7) is 4.61. The van der Waals surface area contributed by atoms with Crippen molar-refractivity contribution in [2.45, 2.75) is 19.3 Å². The van der Waals surface area contributed by atoms with E-state index in [4.69, 9.17) is 0 Å². The Morgan fingerprint density at radius 2 is 0.631 bits per heavy atom. The lowest BCUT2D eigenvalue weighted by molar-refractivity contribution is 0.641. The van der Waals surface area contributed by atoms with E-state index in [0.29, 0.717) is 0 Å². The van der Waals surface area contributed by atoms with Crippen LogP contribution in [0.25, 0.3) is 72.0 Å². The van der Waals surface area contributed by atoms with E-state index in [9.17, 15) is 0 Å². The predicted molar refractivity (Wildman–Crippen MR) is 276 cm³/mol. The Bertz CT molecular complexity index is 3290. The van der Waals surface area contributed by atoms with Crippen LogP contribution in [0, 0.1) is 0 Å². The highest BCUT2D eigenvalue weighted by molar-refractivity contribution is 6.12. The number of rotatable bonds is 10.